The summed E-state index contributed by atoms with van der Waals surface area (Å²) in [7, 11) is 3.17. The van der Waals surface area contributed by atoms with Crippen molar-refractivity contribution in [2.75, 3.05) is 14.2 Å². The van der Waals surface area contributed by atoms with E-state index in [1.54, 1.807) is 32.7 Å². The number of hydrogen-bond donors (Lipinski definition) is 1. The molecule has 1 heterocycles. The highest BCUT2D eigenvalue weighted by atomic mass is 16.5. The molecule has 1 N–H and O–H groups in total. The zero-order valence-electron chi connectivity index (χ0n) is 12.6. The van der Waals surface area contributed by atoms with Crippen molar-refractivity contribution < 1.29 is 14.3 Å². The van der Waals surface area contributed by atoms with Crippen LogP contribution < -0.4 is 14.8 Å². The Labute approximate surface area is 129 Å². The molecule has 114 valence electrons. The standard InChI is InChI=1S/C17H18N2O3/c1-21-15-5-3-14(11-16(15)22-2)12-19-17(20)6-4-13-7-9-18-10-8-13/h3-11H,12H2,1-2H3,(H,19,20)/b6-4+. The Morgan fingerprint density at radius 2 is 1.86 bits per heavy atom. The number of benzene rings is 1. The molecule has 0 radical (unpaired) electrons. The minimum absolute atomic E-state index is 0.161. The van der Waals surface area contributed by atoms with Gasteiger partial charge in [0.1, 0.15) is 0 Å². The third-order valence-corrected chi connectivity index (χ3v) is 3.05. The number of nitrogens with zero attached hydrogens (tertiary/aromatic N) is 1. The Bertz CT molecular complexity index is 654. The summed E-state index contributed by atoms with van der Waals surface area (Å²) in [4.78, 5) is 15.7. The van der Waals surface area contributed by atoms with Crippen LogP contribution in [0.15, 0.2) is 48.8 Å². The summed E-state index contributed by atoms with van der Waals surface area (Å²) in [5.74, 6) is 1.14. The van der Waals surface area contributed by atoms with Crippen molar-refractivity contribution >= 4 is 12.0 Å². The van der Waals surface area contributed by atoms with Gasteiger partial charge in [-0.25, -0.2) is 0 Å². The molecule has 0 aliphatic rings. The van der Waals surface area contributed by atoms with Crippen LogP contribution in [-0.4, -0.2) is 25.1 Å². The first-order valence-electron chi connectivity index (χ1n) is 6.80. The van der Waals surface area contributed by atoms with Gasteiger partial charge in [0.05, 0.1) is 14.2 Å². The second kappa shape index (κ2) is 7.83. The molecule has 0 aliphatic heterocycles. The van der Waals surface area contributed by atoms with Crippen molar-refractivity contribution in [1.82, 2.24) is 10.3 Å². The molecule has 0 spiro atoms. The minimum Gasteiger partial charge on any atom is -0.493 e. The van der Waals surface area contributed by atoms with Crippen LogP contribution in [0, 0.1) is 0 Å². The van der Waals surface area contributed by atoms with Gasteiger partial charge in [0.2, 0.25) is 5.91 Å². The van der Waals surface area contributed by atoms with Gasteiger partial charge in [-0.1, -0.05) is 6.07 Å². The summed E-state index contributed by atoms with van der Waals surface area (Å²) in [6.07, 6.45) is 6.60. The van der Waals surface area contributed by atoms with Crippen LogP contribution in [0.4, 0.5) is 0 Å². The quantitative estimate of drug-likeness (QED) is 0.832. The van der Waals surface area contributed by atoms with E-state index in [-0.39, 0.29) is 5.91 Å². The molecule has 1 aromatic carbocycles. The van der Waals surface area contributed by atoms with Gasteiger partial charge in [-0.05, 0) is 41.5 Å². The lowest BCUT2D eigenvalue weighted by atomic mass is 10.2. The molecule has 0 atom stereocenters. The fourth-order valence-electron chi connectivity index (χ4n) is 1.89. The highest BCUT2D eigenvalue weighted by molar-refractivity contribution is 5.91. The monoisotopic (exact) mass is 298 g/mol. The lowest BCUT2D eigenvalue weighted by molar-refractivity contribution is -0.116. The average molecular weight is 298 g/mol. The lowest BCUT2D eigenvalue weighted by Crippen LogP contribution is -2.20. The van der Waals surface area contributed by atoms with Crippen LogP contribution in [0.3, 0.4) is 0 Å². The van der Waals surface area contributed by atoms with Gasteiger partial charge in [0.25, 0.3) is 0 Å². The fraction of sp³-hybridized carbons (Fsp3) is 0.176. The first kappa shape index (κ1) is 15.6. The number of methoxy groups -OCH3 is 2. The van der Waals surface area contributed by atoms with Crippen LogP contribution in [0.1, 0.15) is 11.1 Å². The molecular formula is C17H18N2O3. The molecule has 5 nitrogen and oxygen atoms in total. The molecule has 1 aromatic heterocycles. The maximum atomic E-state index is 11.8. The summed E-state index contributed by atoms with van der Waals surface area (Å²) >= 11 is 0. The number of amides is 1. The Kier molecular flexibility index (Phi) is 5.54. The van der Waals surface area contributed by atoms with Gasteiger partial charge in [-0.3, -0.25) is 9.78 Å². The summed E-state index contributed by atoms with van der Waals surface area (Å²) in [6, 6.07) is 9.20. The number of rotatable bonds is 6. The van der Waals surface area contributed by atoms with Crippen molar-refractivity contribution in [3.05, 3.63) is 59.9 Å². The van der Waals surface area contributed by atoms with Gasteiger partial charge in [-0.15, -0.1) is 0 Å². The van der Waals surface area contributed by atoms with Crippen molar-refractivity contribution in [3.63, 3.8) is 0 Å². The van der Waals surface area contributed by atoms with Crippen molar-refractivity contribution in [1.29, 1.82) is 0 Å². The molecule has 5 heteroatoms. The molecule has 0 saturated heterocycles. The number of pyridine rings is 1. The third-order valence-electron chi connectivity index (χ3n) is 3.05. The largest absolute Gasteiger partial charge is 0.493 e. The van der Waals surface area contributed by atoms with Gasteiger partial charge in [0, 0.05) is 25.0 Å². The van der Waals surface area contributed by atoms with E-state index >= 15 is 0 Å². The molecule has 0 unspecified atom stereocenters. The van der Waals surface area contributed by atoms with E-state index in [0.717, 1.165) is 11.1 Å². The highest BCUT2D eigenvalue weighted by Gasteiger charge is 2.05. The number of carbonyl (C=O) groups is 1. The van der Waals surface area contributed by atoms with E-state index in [0.29, 0.717) is 18.0 Å². The van der Waals surface area contributed by atoms with E-state index in [1.165, 1.54) is 6.08 Å². The lowest BCUT2D eigenvalue weighted by Gasteiger charge is -2.09. The molecule has 22 heavy (non-hydrogen) atoms. The van der Waals surface area contributed by atoms with E-state index in [4.69, 9.17) is 9.47 Å². The number of ether oxygens (including phenoxy) is 2. The summed E-state index contributed by atoms with van der Waals surface area (Å²) in [5.41, 5.74) is 1.86. The van der Waals surface area contributed by atoms with Crippen LogP contribution in [0.25, 0.3) is 6.08 Å². The van der Waals surface area contributed by atoms with E-state index < -0.39 is 0 Å². The van der Waals surface area contributed by atoms with Crippen LogP contribution in [0.2, 0.25) is 0 Å². The second-order valence-corrected chi connectivity index (χ2v) is 4.52. The van der Waals surface area contributed by atoms with E-state index in [2.05, 4.69) is 10.3 Å². The molecule has 0 aliphatic carbocycles. The second-order valence-electron chi connectivity index (χ2n) is 4.52. The predicted molar refractivity (Wildman–Crippen MR) is 84.7 cm³/mol. The maximum Gasteiger partial charge on any atom is 0.244 e. The van der Waals surface area contributed by atoms with Crippen molar-refractivity contribution in [3.8, 4) is 11.5 Å². The summed E-state index contributed by atoms with van der Waals surface area (Å²) in [6.45, 7) is 0.417. The number of carbonyl (C=O) groups excluding carboxylic acids is 1. The number of aromatic nitrogens is 1. The van der Waals surface area contributed by atoms with Gasteiger partial charge >= 0.3 is 0 Å². The van der Waals surface area contributed by atoms with Crippen LogP contribution >= 0.6 is 0 Å². The third kappa shape index (κ3) is 4.34. The zero-order chi connectivity index (χ0) is 15.8. The molecule has 2 aromatic rings. The molecule has 1 amide bonds. The average Bonchev–Trinajstić information content (AvgIpc) is 2.58. The normalized spacial score (nSPS) is 10.5. The number of hydrogen-bond acceptors (Lipinski definition) is 4. The van der Waals surface area contributed by atoms with E-state index in [1.807, 2.05) is 30.3 Å². The first-order valence-corrected chi connectivity index (χ1v) is 6.80. The molecule has 2 rings (SSSR count). The number of nitrogens with one attached hydrogen (secondary N) is 1. The van der Waals surface area contributed by atoms with Gasteiger partial charge in [0.15, 0.2) is 11.5 Å². The SMILES string of the molecule is COc1ccc(CNC(=O)/C=C/c2ccncc2)cc1OC. The predicted octanol–water partition coefficient (Wildman–Crippen LogP) is 2.43. The first-order chi connectivity index (χ1) is 10.7. The molecule has 0 fully saturated rings. The smallest absolute Gasteiger partial charge is 0.244 e. The van der Waals surface area contributed by atoms with Gasteiger partial charge < -0.3 is 14.8 Å². The molecular weight excluding hydrogens is 280 g/mol. The molecule has 0 bridgehead atoms. The maximum absolute atomic E-state index is 11.8. The topological polar surface area (TPSA) is 60.5 Å². The minimum atomic E-state index is -0.161. The summed E-state index contributed by atoms with van der Waals surface area (Å²) < 4.78 is 10.4. The highest BCUT2D eigenvalue weighted by Crippen LogP contribution is 2.27. The Morgan fingerprint density at radius 3 is 2.55 bits per heavy atom. The van der Waals surface area contributed by atoms with Crippen LogP contribution in [0.5, 0.6) is 11.5 Å². The fourth-order valence-corrected chi connectivity index (χ4v) is 1.89. The zero-order valence-corrected chi connectivity index (χ0v) is 12.6. The Balaban J connectivity index is 1.92. The molecule has 0 saturated carbocycles. The van der Waals surface area contributed by atoms with Gasteiger partial charge in [-0.2, -0.15) is 0 Å². The summed E-state index contributed by atoms with van der Waals surface area (Å²) in [5, 5.41) is 2.82. The Morgan fingerprint density at radius 1 is 1.14 bits per heavy atom. The Hall–Kier alpha value is -2.82. The van der Waals surface area contributed by atoms with Crippen LogP contribution in [-0.2, 0) is 11.3 Å². The van der Waals surface area contributed by atoms with Crippen molar-refractivity contribution in [2.45, 2.75) is 6.54 Å². The van der Waals surface area contributed by atoms with E-state index in [9.17, 15) is 4.79 Å². The van der Waals surface area contributed by atoms with Crippen molar-refractivity contribution in [2.24, 2.45) is 0 Å².